The minimum absolute atomic E-state index is 0. The van der Waals surface area contributed by atoms with Crippen molar-refractivity contribution in [2.75, 3.05) is 23.8 Å². The maximum Gasteiger partial charge on any atom is 0.356 e. The number of β-lactam (4-membered cyclic amide) rings is 1. The number of hydrogen-bond donors (Lipinski definition) is 2. The number of oxime groups is 1. The summed E-state index contributed by atoms with van der Waals surface area (Å²) < 4.78 is 11.9. The first kappa shape index (κ1) is 49.7. The van der Waals surface area contributed by atoms with Crippen LogP contribution < -0.4 is 50.5 Å². The Morgan fingerprint density at radius 2 is 1.34 bits per heavy atom. The third-order valence-corrected chi connectivity index (χ3v) is 17.4. The number of fused-ring (bicyclic) bond motifs is 1. The van der Waals surface area contributed by atoms with Crippen molar-refractivity contribution in [2.24, 2.45) is 5.16 Å². The van der Waals surface area contributed by atoms with Crippen molar-refractivity contribution in [3.8, 4) is 0 Å². The van der Waals surface area contributed by atoms with E-state index in [4.69, 9.17) is 14.3 Å². The van der Waals surface area contributed by atoms with Gasteiger partial charge in [0.1, 0.15) is 51.6 Å². The SMILES string of the molecule is CC(C)(C)OC(=O)CO/N=C(/C(=O)NC1C(=O)N2C(C(=O)OC(c3ccccc3)c3ccccc3)=C(C[P+](c3ccccc3)(c3ccccc3)c3ccccc3)CSC12)c1csc(NC=O)n1.[I-]. The summed E-state index contributed by atoms with van der Waals surface area (Å²) in [5.74, 6) is -2.44. The van der Waals surface area contributed by atoms with Gasteiger partial charge in [-0.3, -0.25) is 19.3 Å². The molecule has 13 nitrogen and oxygen atoms in total. The average Bonchev–Trinajstić information content (AvgIpc) is 3.81. The van der Waals surface area contributed by atoms with Crippen molar-refractivity contribution >= 4 is 87.3 Å². The van der Waals surface area contributed by atoms with Gasteiger partial charge < -0.3 is 48.9 Å². The second-order valence-electron chi connectivity index (χ2n) is 16.5. The number of hydrogen-bond acceptors (Lipinski definition) is 12. The van der Waals surface area contributed by atoms with E-state index in [9.17, 15) is 19.2 Å². The van der Waals surface area contributed by atoms with E-state index in [1.54, 1.807) is 20.8 Å². The van der Waals surface area contributed by atoms with Crippen LogP contribution in [-0.2, 0) is 38.3 Å². The molecule has 0 radical (unpaired) electrons. The van der Waals surface area contributed by atoms with E-state index in [0.717, 1.165) is 44.0 Å². The Morgan fingerprint density at radius 1 is 0.824 bits per heavy atom. The quantitative estimate of drug-likeness (QED) is 0.0262. The summed E-state index contributed by atoms with van der Waals surface area (Å²) in [7, 11) is -2.59. The molecule has 0 bridgehead atoms. The van der Waals surface area contributed by atoms with Gasteiger partial charge in [-0.25, -0.2) is 14.6 Å². The molecule has 2 atom stereocenters. The number of carbonyl (C=O) groups is 5. The maximum absolute atomic E-state index is 15.3. The van der Waals surface area contributed by atoms with Crippen LogP contribution in [0.1, 0.15) is 43.7 Å². The molecule has 1 fully saturated rings. The molecule has 0 aliphatic carbocycles. The van der Waals surface area contributed by atoms with E-state index in [1.165, 1.54) is 22.0 Å². The number of carbonyl (C=O) groups excluding carboxylic acids is 5. The van der Waals surface area contributed by atoms with Crippen LogP contribution in [-0.4, -0.2) is 81.3 Å². The summed E-state index contributed by atoms with van der Waals surface area (Å²) in [6, 6.07) is 48.6. The number of nitrogens with zero attached hydrogens (tertiary/aromatic N) is 3. The lowest BCUT2D eigenvalue weighted by atomic mass is 10.0. The molecule has 1 saturated heterocycles. The van der Waals surface area contributed by atoms with Gasteiger partial charge in [0.15, 0.2) is 16.9 Å². The maximum atomic E-state index is 15.3. The molecular weight excluding hydrogens is 1030 g/mol. The second-order valence-corrected chi connectivity index (χ2v) is 21.9. The van der Waals surface area contributed by atoms with Crippen molar-refractivity contribution in [3.05, 3.63) is 185 Å². The smallest absolute Gasteiger partial charge is 0.356 e. The molecule has 348 valence electrons. The highest BCUT2D eigenvalue weighted by Crippen LogP contribution is 2.58. The van der Waals surface area contributed by atoms with Gasteiger partial charge in [0.25, 0.3) is 11.8 Å². The minimum atomic E-state index is -2.59. The first-order valence-corrected chi connectivity index (χ1v) is 25.3. The molecular formula is C51H47IN5O8PS2. The molecule has 5 aromatic carbocycles. The number of rotatable bonds is 17. The highest BCUT2D eigenvalue weighted by atomic mass is 127. The largest absolute Gasteiger partial charge is 1.00 e. The topological polar surface area (TPSA) is 166 Å². The van der Waals surface area contributed by atoms with Crippen molar-refractivity contribution in [2.45, 2.75) is 43.9 Å². The molecule has 0 saturated carbocycles. The molecule has 68 heavy (non-hydrogen) atoms. The highest BCUT2D eigenvalue weighted by molar-refractivity contribution is 8.00. The number of ether oxygens (including phenoxy) is 2. The number of amides is 3. The van der Waals surface area contributed by atoms with Crippen molar-refractivity contribution in [3.63, 3.8) is 0 Å². The van der Waals surface area contributed by atoms with E-state index in [1.807, 2.05) is 115 Å². The molecule has 1 aromatic heterocycles. The number of aromatic nitrogens is 1. The van der Waals surface area contributed by atoms with Gasteiger partial charge in [-0.1, -0.05) is 120 Å². The van der Waals surface area contributed by atoms with E-state index < -0.39 is 60.7 Å². The van der Waals surface area contributed by atoms with Gasteiger partial charge in [-0.2, -0.15) is 0 Å². The van der Waals surface area contributed by atoms with Crippen LogP contribution in [0.25, 0.3) is 0 Å². The summed E-state index contributed by atoms with van der Waals surface area (Å²) in [5, 5.41) is 13.4. The number of benzene rings is 5. The molecule has 3 heterocycles. The number of thioether (sulfide) groups is 1. The Labute approximate surface area is 420 Å². The van der Waals surface area contributed by atoms with Gasteiger partial charge in [0.05, 0.1) is 6.16 Å². The molecule has 2 aliphatic heterocycles. The van der Waals surface area contributed by atoms with Crippen molar-refractivity contribution < 1.29 is 62.3 Å². The van der Waals surface area contributed by atoms with Crippen LogP contribution in [0.15, 0.2) is 173 Å². The standard InChI is InChI=1S/C51H46N5O8PS2.HI/c1-51(2,3)64-41(58)29-62-55-42(40-32-67-50(53-40)52-33-57)46(59)54-43-47(60)56-44(49(61)63-45(34-19-9-4-10-20-34)35-21-11-5-12-22-35)36(31-66-48(43)56)30-65(37-23-13-6-14-24-37,38-25-15-7-16-26-38)39-27-17-8-18-28-39;/h4-28,32-33,43,45,48H,29-31H2,1-3H3,(H-,52,53,54,57,59);1H/b55-42+;. The lowest BCUT2D eigenvalue weighted by molar-refractivity contribution is -0.160. The number of anilines is 1. The van der Waals surface area contributed by atoms with Crippen LogP contribution in [0.2, 0.25) is 0 Å². The lowest BCUT2D eigenvalue weighted by Crippen LogP contribution is -3.00. The number of esters is 2. The van der Waals surface area contributed by atoms with E-state index in [0.29, 0.717) is 18.3 Å². The Morgan fingerprint density at radius 3 is 1.84 bits per heavy atom. The lowest BCUT2D eigenvalue weighted by Gasteiger charge is -2.50. The predicted molar refractivity (Wildman–Crippen MR) is 263 cm³/mol. The fourth-order valence-electron chi connectivity index (χ4n) is 8.03. The number of nitrogens with one attached hydrogen (secondary N) is 2. The van der Waals surface area contributed by atoms with Crippen LogP contribution in [0.4, 0.5) is 5.13 Å². The Balaban J connectivity index is 0.00000684. The Hall–Kier alpha value is -6.20. The first-order chi connectivity index (χ1) is 32.5. The van der Waals surface area contributed by atoms with E-state index in [2.05, 4.69) is 57.2 Å². The zero-order valence-corrected chi connectivity index (χ0v) is 41.9. The molecule has 6 aromatic rings. The van der Waals surface area contributed by atoms with Crippen LogP contribution >= 0.6 is 30.4 Å². The summed E-state index contributed by atoms with van der Waals surface area (Å²) in [6.45, 7) is 4.49. The highest BCUT2D eigenvalue weighted by Gasteiger charge is 2.57. The Kier molecular flexibility index (Phi) is 16.3. The van der Waals surface area contributed by atoms with Crippen molar-refractivity contribution in [1.29, 1.82) is 0 Å². The molecule has 2 N–H and O–H groups in total. The third-order valence-electron chi connectivity index (χ3n) is 10.9. The summed E-state index contributed by atoms with van der Waals surface area (Å²) in [4.78, 5) is 78.9. The third kappa shape index (κ3) is 11.0. The van der Waals surface area contributed by atoms with E-state index in [-0.39, 0.29) is 46.2 Å². The molecule has 17 heteroatoms. The number of thiazole rings is 1. The van der Waals surface area contributed by atoms with E-state index >= 15 is 4.79 Å². The molecule has 0 spiro atoms. The second kappa shape index (κ2) is 22.3. The molecule has 2 unspecified atom stereocenters. The first-order valence-electron chi connectivity index (χ1n) is 21.4. The van der Waals surface area contributed by atoms with Gasteiger partial charge >= 0.3 is 11.9 Å². The summed E-state index contributed by atoms with van der Waals surface area (Å²) in [6.07, 6.45) is 0.0409. The van der Waals surface area contributed by atoms with Gasteiger partial charge in [-0.15, -0.1) is 23.1 Å². The fraction of sp³-hybridized carbons (Fsp3) is 0.196. The fourth-order valence-corrected chi connectivity index (χ4v) is 14.5. The number of halogens is 1. The summed E-state index contributed by atoms with van der Waals surface area (Å²) in [5.41, 5.74) is 1.24. The molecule has 2 aliphatic rings. The van der Waals surface area contributed by atoms with Crippen LogP contribution in [0, 0.1) is 0 Å². The normalized spacial score (nSPS) is 15.9. The Bertz CT molecular complexity index is 2660. The van der Waals surface area contributed by atoms with Gasteiger partial charge in [-0.05, 0) is 68.3 Å². The minimum Gasteiger partial charge on any atom is -1.00 e. The van der Waals surface area contributed by atoms with Gasteiger partial charge in [0, 0.05) is 16.7 Å². The van der Waals surface area contributed by atoms with Crippen LogP contribution in [0.5, 0.6) is 0 Å². The van der Waals surface area contributed by atoms with Crippen LogP contribution in [0.3, 0.4) is 0 Å². The molecule has 8 rings (SSSR count). The van der Waals surface area contributed by atoms with Crippen molar-refractivity contribution in [1.82, 2.24) is 15.2 Å². The average molecular weight is 1080 g/mol. The zero-order chi connectivity index (χ0) is 47.0. The predicted octanol–water partition coefficient (Wildman–Crippen LogP) is 3.76. The molecule has 3 amide bonds. The monoisotopic (exact) mass is 1080 g/mol. The zero-order valence-electron chi connectivity index (χ0n) is 37.2. The summed E-state index contributed by atoms with van der Waals surface area (Å²) >= 11 is 2.46. The van der Waals surface area contributed by atoms with Gasteiger partial charge in [0.2, 0.25) is 13.0 Å².